The Morgan fingerprint density at radius 1 is 1.20 bits per heavy atom. The third kappa shape index (κ3) is 3.18. The van der Waals surface area contributed by atoms with E-state index in [1.54, 1.807) is 0 Å². The highest BCUT2D eigenvalue weighted by Gasteiger charge is 2.26. The fraction of sp³-hybridized carbons (Fsp3) is 1.00. The minimum Gasteiger partial charge on any atom is -0.312 e. The van der Waals surface area contributed by atoms with E-state index < -0.39 is 0 Å². The van der Waals surface area contributed by atoms with Crippen LogP contribution in [0.5, 0.6) is 0 Å². The average molecular weight is 210 g/mol. The van der Waals surface area contributed by atoms with Gasteiger partial charge in [-0.3, -0.25) is 4.90 Å². The highest BCUT2D eigenvalue weighted by Crippen LogP contribution is 2.25. The summed E-state index contributed by atoms with van der Waals surface area (Å²) in [6.07, 6.45) is 9.84. The van der Waals surface area contributed by atoms with Gasteiger partial charge in [-0.05, 0) is 39.2 Å². The summed E-state index contributed by atoms with van der Waals surface area (Å²) in [5.41, 5.74) is 0. The van der Waals surface area contributed by atoms with Crippen LogP contribution < -0.4 is 5.32 Å². The van der Waals surface area contributed by atoms with Crippen LogP contribution in [0.25, 0.3) is 0 Å². The van der Waals surface area contributed by atoms with E-state index in [1.165, 1.54) is 51.5 Å². The van der Waals surface area contributed by atoms with Crippen molar-refractivity contribution in [3.63, 3.8) is 0 Å². The zero-order valence-corrected chi connectivity index (χ0v) is 10.3. The lowest BCUT2D eigenvalue weighted by Gasteiger charge is -2.32. The van der Waals surface area contributed by atoms with E-state index in [0.717, 1.165) is 18.1 Å². The van der Waals surface area contributed by atoms with Crippen LogP contribution in [0.4, 0.5) is 0 Å². The maximum atomic E-state index is 3.67. The molecule has 2 nitrogen and oxygen atoms in total. The molecule has 2 rings (SSSR count). The summed E-state index contributed by atoms with van der Waals surface area (Å²) < 4.78 is 0. The highest BCUT2D eigenvalue weighted by atomic mass is 15.2. The molecule has 1 N–H and O–H groups in total. The number of rotatable bonds is 6. The maximum Gasteiger partial charge on any atom is 0.0218 e. The molecule has 1 unspecified atom stereocenters. The standard InChI is InChI=1S/C13H26N2/c1-3-12(10-14-11-8-9-11)15(2)13-6-4-5-7-13/h11-14H,3-10H2,1-2H3. The molecule has 2 aliphatic carbocycles. The molecule has 0 radical (unpaired) electrons. The first-order valence-corrected chi connectivity index (χ1v) is 6.76. The first kappa shape index (κ1) is 11.4. The van der Waals surface area contributed by atoms with Gasteiger partial charge in [0.05, 0.1) is 0 Å². The van der Waals surface area contributed by atoms with E-state index in [-0.39, 0.29) is 0 Å². The van der Waals surface area contributed by atoms with Gasteiger partial charge in [-0.2, -0.15) is 0 Å². The zero-order chi connectivity index (χ0) is 10.7. The molecule has 0 aliphatic heterocycles. The Kier molecular flexibility index (Phi) is 4.04. The minimum absolute atomic E-state index is 0.758. The molecule has 1 atom stereocenters. The predicted molar refractivity (Wildman–Crippen MR) is 65.1 cm³/mol. The van der Waals surface area contributed by atoms with Crippen LogP contribution >= 0.6 is 0 Å². The van der Waals surface area contributed by atoms with Gasteiger partial charge in [-0.1, -0.05) is 19.8 Å². The van der Waals surface area contributed by atoms with Crippen LogP contribution in [0.15, 0.2) is 0 Å². The van der Waals surface area contributed by atoms with Crippen molar-refractivity contribution in [1.82, 2.24) is 10.2 Å². The molecule has 2 heteroatoms. The molecule has 2 saturated carbocycles. The van der Waals surface area contributed by atoms with Gasteiger partial charge < -0.3 is 5.32 Å². The van der Waals surface area contributed by atoms with Crippen molar-refractivity contribution in [2.45, 2.75) is 70.0 Å². The smallest absolute Gasteiger partial charge is 0.0218 e. The number of hydrogen-bond acceptors (Lipinski definition) is 2. The molecular weight excluding hydrogens is 184 g/mol. The Labute approximate surface area is 94.4 Å². The van der Waals surface area contributed by atoms with E-state index in [1.807, 2.05) is 0 Å². The van der Waals surface area contributed by atoms with Gasteiger partial charge in [0.25, 0.3) is 0 Å². The van der Waals surface area contributed by atoms with Gasteiger partial charge in [0, 0.05) is 24.7 Å². The quantitative estimate of drug-likeness (QED) is 0.724. The molecule has 0 spiro atoms. The molecule has 0 aromatic heterocycles. The fourth-order valence-corrected chi connectivity index (χ4v) is 2.78. The third-order valence-corrected chi connectivity index (χ3v) is 4.17. The number of likely N-dealkylation sites (N-methyl/N-ethyl adjacent to an activating group) is 1. The SMILES string of the molecule is CCC(CNC1CC1)N(C)C1CCCC1. The summed E-state index contributed by atoms with van der Waals surface area (Å²) in [6, 6.07) is 2.49. The van der Waals surface area contributed by atoms with Gasteiger partial charge in [0.2, 0.25) is 0 Å². The Bertz CT molecular complexity index is 183. The number of hydrogen-bond donors (Lipinski definition) is 1. The molecule has 2 fully saturated rings. The second-order valence-electron chi connectivity index (χ2n) is 5.35. The van der Waals surface area contributed by atoms with Crippen LogP contribution in [0.2, 0.25) is 0 Å². The summed E-state index contributed by atoms with van der Waals surface area (Å²) >= 11 is 0. The first-order valence-electron chi connectivity index (χ1n) is 6.76. The van der Waals surface area contributed by atoms with Crippen molar-refractivity contribution in [1.29, 1.82) is 0 Å². The van der Waals surface area contributed by atoms with Crippen molar-refractivity contribution >= 4 is 0 Å². The molecular formula is C13H26N2. The summed E-state index contributed by atoms with van der Waals surface area (Å²) in [7, 11) is 2.33. The predicted octanol–water partition coefficient (Wildman–Crippen LogP) is 2.39. The highest BCUT2D eigenvalue weighted by molar-refractivity contribution is 4.86. The normalized spacial score (nSPS) is 25.0. The Morgan fingerprint density at radius 2 is 1.87 bits per heavy atom. The van der Waals surface area contributed by atoms with Gasteiger partial charge >= 0.3 is 0 Å². The van der Waals surface area contributed by atoms with Gasteiger partial charge in [0.15, 0.2) is 0 Å². The van der Waals surface area contributed by atoms with Gasteiger partial charge in [-0.15, -0.1) is 0 Å². The molecule has 2 aliphatic rings. The van der Waals surface area contributed by atoms with E-state index in [2.05, 4.69) is 24.2 Å². The summed E-state index contributed by atoms with van der Waals surface area (Å²) in [6.45, 7) is 3.53. The summed E-state index contributed by atoms with van der Waals surface area (Å²) in [5, 5.41) is 3.67. The lowest BCUT2D eigenvalue weighted by Crippen LogP contribution is -2.44. The first-order chi connectivity index (χ1) is 7.31. The molecule has 0 bridgehead atoms. The Balaban J connectivity index is 1.75. The van der Waals surface area contributed by atoms with Crippen LogP contribution in [0.3, 0.4) is 0 Å². The van der Waals surface area contributed by atoms with Crippen molar-refractivity contribution in [2.24, 2.45) is 0 Å². The molecule has 0 aromatic rings. The summed E-state index contributed by atoms with van der Waals surface area (Å²) in [4.78, 5) is 2.64. The zero-order valence-electron chi connectivity index (χ0n) is 10.3. The van der Waals surface area contributed by atoms with Gasteiger partial charge in [-0.25, -0.2) is 0 Å². The molecule has 0 heterocycles. The molecule has 0 saturated heterocycles. The number of nitrogens with zero attached hydrogens (tertiary/aromatic N) is 1. The van der Waals surface area contributed by atoms with E-state index in [4.69, 9.17) is 0 Å². The Hall–Kier alpha value is -0.0800. The third-order valence-electron chi connectivity index (χ3n) is 4.17. The van der Waals surface area contributed by atoms with Crippen molar-refractivity contribution < 1.29 is 0 Å². The van der Waals surface area contributed by atoms with Crippen LogP contribution in [0.1, 0.15) is 51.9 Å². The molecule has 15 heavy (non-hydrogen) atoms. The average Bonchev–Trinajstić information content (AvgIpc) is 2.92. The lowest BCUT2D eigenvalue weighted by molar-refractivity contribution is 0.166. The van der Waals surface area contributed by atoms with Crippen molar-refractivity contribution in [3.05, 3.63) is 0 Å². The molecule has 88 valence electrons. The fourth-order valence-electron chi connectivity index (χ4n) is 2.78. The topological polar surface area (TPSA) is 15.3 Å². The van der Waals surface area contributed by atoms with Crippen LogP contribution in [-0.4, -0.2) is 36.6 Å². The maximum absolute atomic E-state index is 3.67. The Morgan fingerprint density at radius 3 is 2.40 bits per heavy atom. The van der Waals surface area contributed by atoms with E-state index in [0.29, 0.717) is 0 Å². The largest absolute Gasteiger partial charge is 0.312 e. The van der Waals surface area contributed by atoms with Gasteiger partial charge in [0.1, 0.15) is 0 Å². The lowest BCUT2D eigenvalue weighted by atomic mass is 10.1. The molecule has 0 aromatic carbocycles. The molecule has 0 amide bonds. The van der Waals surface area contributed by atoms with Crippen molar-refractivity contribution in [3.8, 4) is 0 Å². The monoisotopic (exact) mass is 210 g/mol. The number of nitrogens with one attached hydrogen (secondary N) is 1. The van der Waals surface area contributed by atoms with Crippen LogP contribution in [0, 0.1) is 0 Å². The summed E-state index contributed by atoms with van der Waals surface area (Å²) in [5.74, 6) is 0. The van der Waals surface area contributed by atoms with E-state index in [9.17, 15) is 0 Å². The van der Waals surface area contributed by atoms with Crippen molar-refractivity contribution in [2.75, 3.05) is 13.6 Å². The second kappa shape index (κ2) is 5.31. The minimum atomic E-state index is 0.758. The van der Waals surface area contributed by atoms with Crippen LogP contribution in [-0.2, 0) is 0 Å². The van der Waals surface area contributed by atoms with E-state index >= 15 is 0 Å². The second-order valence-corrected chi connectivity index (χ2v) is 5.35.